The predicted octanol–water partition coefficient (Wildman–Crippen LogP) is 2.05. The van der Waals surface area contributed by atoms with Crippen LogP contribution in [0.5, 0.6) is 5.75 Å². The maximum absolute atomic E-state index is 6.30. The second-order valence-corrected chi connectivity index (χ2v) is 5.66. The number of nitrogens with two attached hydrogens (primary N) is 1. The summed E-state index contributed by atoms with van der Waals surface area (Å²) in [6.45, 7) is 3.77. The summed E-state index contributed by atoms with van der Waals surface area (Å²) in [6.07, 6.45) is 2.33. The van der Waals surface area contributed by atoms with Gasteiger partial charge in [-0.15, -0.1) is 0 Å². The smallest absolute Gasteiger partial charge is 0.119 e. The number of benzene rings is 1. The predicted molar refractivity (Wildman–Crippen MR) is 81.0 cm³/mol. The second-order valence-electron chi connectivity index (χ2n) is 5.66. The van der Waals surface area contributed by atoms with Crippen LogP contribution in [-0.2, 0) is 4.74 Å². The normalized spacial score (nSPS) is 18.2. The van der Waals surface area contributed by atoms with E-state index in [2.05, 4.69) is 18.0 Å². The molecule has 0 bridgehead atoms. The minimum Gasteiger partial charge on any atom is -0.497 e. The molecule has 4 heteroatoms. The average Bonchev–Trinajstić information content (AvgIpc) is 2.48. The largest absolute Gasteiger partial charge is 0.497 e. The van der Waals surface area contributed by atoms with Gasteiger partial charge in [-0.2, -0.15) is 0 Å². The fourth-order valence-electron chi connectivity index (χ4n) is 2.76. The Labute approximate surface area is 121 Å². The topological polar surface area (TPSA) is 47.7 Å². The fraction of sp³-hybridized carbons (Fsp3) is 0.625. The molecule has 112 valence electrons. The van der Waals surface area contributed by atoms with Gasteiger partial charge in [0.15, 0.2) is 0 Å². The van der Waals surface area contributed by atoms with Crippen molar-refractivity contribution in [3.63, 3.8) is 0 Å². The summed E-state index contributed by atoms with van der Waals surface area (Å²) in [7, 11) is 3.83. The van der Waals surface area contributed by atoms with Crippen molar-refractivity contribution in [2.45, 2.75) is 18.9 Å². The van der Waals surface area contributed by atoms with E-state index in [1.165, 1.54) is 12.8 Å². The van der Waals surface area contributed by atoms with Gasteiger partial charge >= 0.3 is 0 Å². The molecule has 1 fully saturated rings. The molecule has 1 atom stereocenters. The molecule has 1 unspecified atom stereocenters. The van der Waals surface area contributed by atoms with E-state index in [0.29, 0.717) is 0 Å². The lowest BCUT2D eigenvalue weighted by Gasteiger charge is -2.28. The number of hydrogen-bond acceptors (Lipinski definition) is 4. The standard InChI is InChI=1S/C16H26N2O2/c1-18(11-13-6-8-20-9-7-13)12-16(17)14-4-3-5-15(10-14)19-2/h3-5,10,13,16H,6-9,11-12,17H2,1-2H3. The van der Waals surface area contributed by atoms with Gasteiger partial charge in [0.25, 0.3) is 0 Å². The molecule has 1 aromatic carbocycles. The van der Waals surface area contributed by atoms with Crippen molar-refractivity contribution >= 4 is 0 Å². The van der Waals surface area contributed by atoms with E-state index >= 15 is 0 Å². The molecule has 0 amide bonds. The molecule has 2 rings (SSSR count). The van der Waals surface area contributed by atoms with Crippen molar-refractivity contribution in [3.05, 3.63) is 29.8 Å². The average molecular weight is 278 g/mol. The SMILES string of the molecule is COc1cccc(C(N)CN(C)CC2CCOCC2)c1. The van der Waals surface area contributed by atoms with Crippen molar-refractivity contribution in [2.75, 3.05) is 40.5 Å². The van der Waals surface area contributed by atoms with E-state index in [-0.39, 0.29) is 6.04 Å². The lowest BCUT2D eigenvalue weighted by Crippen LogP contribution is -2.34. The maximum atomic E-state index is 6.30. The molecule has 0 aromatic heterocycles. The van der Waals surface area contributed by atoms with Crippen molar-refractivity contribution in [2.24, 2.45) is 11.7 Å². The van der Waals surface area contributed by atoms with Crippen LogP contribution >= 0.6 is 0 Å². The summed E-state index contributed by atoms with van der Waals surface area (Å²) >= 11 is 0. The number of rotatable bonds is 6. The van der Waals surface area contributed by atoms with Crippen LogP contribution in [0, 0.1) is 5.92 Å². The molecular formula is C16H26N2O2. The first-order chi connectivity index (χ1) is 9.69. The van der Waals surface area contributed by atoms with Crippen LogP contribution < -0.4 is 10.5 Å². The molecular weight excluding hydrogens is 252 g/mol. The first kappa shape index (κ1) is 15.3. The molecule has 4 nitrogen and oxygen atoms in total. The Morgan fingerprint density at radius 1 is 1.40 bits per heavy atom. The Kier molecular flexibility index (Phi) is 5.83. The van der Waals surface area contributed by atoms with E-state index in [1.54, 1.807) is 7.11 Å². The zero-order valence-electron chi connectivity index (χ0n) is 12.5. The molecule has 1 heterocycles. The molecule has 0 spiro atoms. The number of ether oxygens (including phenoxy) is 2. The fourth-order valence-corrected chi connectivity index (χ4v) is 2.76. The van der Waals surface area contributed by atoms with Gasteiger partial charge in [0, 0.05) is 32.3 Å². The van der Waals surface area contributed by atoms with Gasteiger partial charge in [-0.05, 0) is 43.5 Å². The summed E-state index contributed by atoms with van der Waals surface area (Å²) < 4.78 is 10.6. The van der Waals surface area contributed by atoms with Gasteiger partial charge in [0.2, 0.25) is 0 Å². The third-order valence-corrected chi connectivity index (χ3v) is 3.94. The molecule has 0 saturated carbocycles. The van der Waals surface area contributed by atoms with E-state index < -0.39 is 0 Å². The van der Waals surface area contributed by atoms with Gasteiger partial charge < -0.3 is 20.1 Å². The Bertz CT molecular complexity index is 405. The minimum atomic E-state index is 0.0231. The Morgan fingerprint density at radius 3 is 2.85 bits per heavy atom. The summed E-state index contributed by atoms with van der Waals surface area (Å²) in [5, 5.41) is 0. The van der Waals surface area contributed by atoms with Crippen molar-refractivity contribution < 1.29 is 9.47 Å². The van der Waals surface area contributed by atoms with Crippen molar-refractivity contribution in [1.82, 2.24) is 4.90 Å². The number of methoxy groups -OCH3 is 1. The molecule has 0 radical (unpaired) electrons. The van der Waals surface area contributed by atoms with Gasteiger partial charge in [0.05, 0.1) is 7.11 Å². The second kappa shape index (κ2) is 7.62. The van der Waals surface area contributed by atoms with Crippen LogP contribution in [-0.4, -0.2) is 45.4 Å². The van der Waals surface area contributed by atoms with Crippen LogP contribution in [0.1, 0.15) is 24.4 Å². The first-order valence-corrected chi connectivity index (χ1v) is 7.35. The number of hydrogen-bond donors (Lipinski definition) is 1. The van der Waals surface area contributed by atoms with Crippen molar-refractivity contribution in [1.29, 1.82) is 0 Å². The quantitative estimate of drug-likeness (QED) is 0.865. The van der Waals surface area contributed by atoms with Crippen LogP contribution in [0.25, 0.3) is 0 Å². The number of nitrogens with zero attached hydrogens (tertiary/aromatic N) is 1. The van der Waals surface area contributed by atoms with Crippen LogP contribution in [0.4, 0.5) is 0 Å². The highest BCUT2D eigenvalue weighted by Gasteiger charge is 2.17. The molecule has 2 N–H and O–H groups in total. The Morgan fingerprint density at radius 2 is 2.15 bits per heavy atom. The van der Waals surface area contributed by atoms with Crippen LogP contribution in [0.15, 0.2) is 24.3 Å². The lowest BCUT2D eigenvalue weighted by molar-refractivity contribution is 0.0551. The summed E-state index contributed by atoms with van der Waals surface area (Å²) in [5.74, 6) is 1.61. The third kappa shape index (κ3) is 4.47. The zero-order chi connectivity index (χ0) is 14.4. The Hall–Kier alpha value is -1.10. The summed E-state index contributed by atoms with van der Waals surface area (Å²) in [4.78, 5) is 2.33. The van der Waals surface area contributed by atoms with E-state index in [1.807, 2.05) is 18.2 Å². The summed E-state index contributed by atoms with van der Waals surface area (Å²) in [6, 6.07) is 8.05. The maximum Gasteiger partial charge on any atom is 0.119 e. The van der Waals surface area contributed by atoms with Gasteiger partial charge in [-0.3, -0.25) is 0 Å². The zero-order valence-corrected chi connectivity index (χ0v) is 12.5. The molecule has 1 aliphatic rings. The molecule has 1 aromatic rings. The van der Waals surface area contributed by atoms with Crippen molar-refractivity contribution in [3.8, 4) is 5.75 Å². The minimum absolute atomic E-state index is 0.0231. The number of likely N-dealkylation sites (N-methyl/N-ethyl adjacent to an activating group) is 1. The molecule has 1 saturated heterocycles. The van der Waals surface area contributed by atoms with E-state index in [4.69, 9.17) is 15.2 Å². The highest BCUT2D eigenvalue weighted by molar-refractivity contribution is 5.30. The van der Waals surface area contributed by atoms with Gasteiger partial charge in [-0.25, -0.2) is 0 Å². The molecule has 0 aliphatic carbocycles. The Balaban J connectivity index is 1.84. The van der Waals surface area contributed by atoms with Gasteiger partial charge in [-0.1, -0.05) is 12.1 Å². The van der Waals surface area contributed by atoms with Gasteiger partial charge in [0.1, 0.15) is 5.75 Å². The highest BCUT2D eigenvalue weighted by Crippen LogP contribution is 2.20. The summed E-state index contributed by atoms with van der Waals surface area (Å²) in [5.41, 5.74) is 7.43. The van der Waals surface area contributed by atoms with E-state index in [0.717, 1.165) is 43.5 Å². The molecule has 20 heavy (non-hydrogen) atoms. The van der Waals surface area contributed by atoms with Crippen LogP contribution in [0.2, 0.25) is 0 Å². The first-order valence-electron chi connectivity index (χ1n) is 7.35. The third-order valence-electron chi connectivity index (χ3n) is 3.94. The lowest BCUT2D eigenvalue weighted by atomic mass is 9.99. The van der Waals surface area contributed by atoms with E-state index in [9.17, 15) is 0 Å². The highest BCUT2D eigenvalue weighted by atomic mass is 16.5. The van der Waals surface area contributed by atoms with Crippen LogP contribution in [0.3, 0.4) is 0 Å². The molecule has 1 aliphatic heterocycles. The monoisotopic (exact) mass is 278 g/mol.